The molecule has 0 saturated heterocycles. The minimum Gasteiger partial charge on any atom is -0.462 e. The van der Waals surface area contributed by atoms with Crippen LogP contribution in [0.1, 0.15) is 271 Å². The highest BCUT2D eigenvalue weighted by Crippen LogP contribution is 2.43. The smallest absolute Gasteiger partial charge is 0.462 e. The van der Waals surface area contributed by atoms with Crippen molar-refractivity contribution in [1.82, 2.24) is 0 Å². The summed E-state index contributed by atoms with van der Waals surface area (Å²) in [5.41, 5.74) is 5.37. The summed E-state index contributed by atoms with van der Waals surface area (Å²) in [5.74, 6) is -0.807. The minimum atomic E-state index is -4.37. The standard InChI is InChI=1S/C49H98NO8P/c1-3-5-7-9-11-13-15-17-19-21-22-23-24-25-26-28-30-32-34-36-38-40-42-49(52)58-47(46-57-59(53,54)56-44-43-50)45-55-48(51)41-39-37-35-33-31-29-27-20-18-16-14-12-10-8-6-4-2/h47H,3-46,50H2,1-2H3,(H,53,54)/t47-/m1/s1. The largest absolute Gasteiger partial charge is 0.472 e. The summed E-state index contributed by atoms with van der Waals surface area (Å²) in [5, 5.41) is 0. The van der Waals surface area contributed by atoms with Crippen LogP contribution in [0, 0.1) is 0 Å². The molecule has 0 aromatic rings. The number of hydrogen-bond donors (Lipinski definition) is 2. The Kier molecular flexibility index (Phi) is 45.7. The molecule has 1 unspecified atom stereocenters. The molecule has 0 saturated carbocycles. The molecule has 59 heavy (non-hydrogen) atoms. The lowest BCUT2D eigenvalue weighted by Crippen LogP contribution is -2.29. The number of nitrogens with two attached hydrogens (primary N) is 1. The van der Waals surface area contributed by atoms with Crippen LogP contribution in [0.3, 0.4) is 0 Å². The van der Waals surface area contributed by atoms with Gasteiger partial charge in [0, 0.05) is 19.4 Å². The lowest BCUT2D eigenvalue weighted by Gasteiger charge is -2.19. The van der Waals surface area contributed by atoms with Gasteiger partial charge in [-0.05, 0) is 12.8 Å². The van der Waals surface area contributed by atoms with E-state index in [-0.39, 0.29) is 38.6 Å². The van der Waals surface area contributed by atoms with Crippen molar-refractivity contribution in [3.63, 3.8) is 0 Å². The highest BCUT2D eigenvalue weighted by Gasteiger charge is 2.26. The summed E-state index contributed by atoms with van der Waals surface area (Å²) >= 11 is 0. The number of esters is 2. The summed E-state index contributed by atoms with van der Waals surface area (Å²) < 4.78 is 32.9. The molecule has 0 amide bonds. The number of ether oxygens (including phenoxy) is 2. The van der Waals surface area contributed by atoms with Gasteiger partial charge in [-0.3, -0.25) is 18.6 Å². The second kappa shape index (κ2) is 46.5. The maximum Gasteiger partial charge on any atom is 0.472 e. The average Bonchev–Trinajstić information content (AvgIpc) is 3.22. The van der Waals surface area contributed by atoms with Gasteiger partial charge in [0.1, 0.15) is 6.61 Å². The van der Waals surface area contributed by atoms with Crippen LogP contribution >= 0.6 is 7.82 Å². The van der Waals surface area contributed by atoms with E-state index >= 15 is 0 Å². The predicted molar refractivity (Wildman–Crippen MR) is 248 cm³/mol. The molecule has 352 valence electrons. The number of carbonyl (C=O) groups excluding carboxylic acids is 2. The monoisotopic (exact) mass is 860 g/mol. The predicted octanol–water partition coefficient (Wildman–Crippen LogP) is 15.2. The van der Waals surface area contributed by atoms with Crippen LogP contribution in [0.15, 0.2) is 0 Å². The third-order valence-corrected chi connectivity index (χ3v) is 12.5. The maximum atomic E-state index is 12.6. The number of carbonyl (C=O) groups is 2. The van der Waals surface area contributed by atoms with Gasteiger partial charge in [-0.1, -0.05) is 245 Å². The van der Waals surface area contributed by atoms with Gasteiger partial charge >= 0.3 is 19.8 Å². The van der Waals surface area contributed by atoms with Crippen molar-refractivity contribution in [2.75, 3.05) is 26.4 Å². The van der Waals surface area contributed by atoms with E-state index in [1.54, 1.807) is 0 Å². The molecule has 0 radical (unpaired) electrons. The Balaban J connectivity index is 3.98. The van der Waals surface area contributed by atoms with Gasteiger partial charge < -0.3 is 20.1 Å². The molecule has 2 atom stereocenters. The Morgan fingerprint density at radius 3 is 1.03 bits per heavy atom. The molecule has 0 bridgehead atoms. The molecule has 0 aliphatic carbocycles. The molecule has 10 heteroatoms. The van der Waals surface area contributed by atoms with Crippen molar-refractivity contribution in [3.05, 3.63) is 0 Å². The van der Waals surface area contributed by atoms with E-state index in [0.29, 0.717) is 6.42 Å². The second-order valence-electron chi connectivity index (χ2n) is 17.4. The minimum absolute atomic E-state index is 0.0584. The molecular formula is C49H98NO8P. The van der Waals surface area contributed by atoms with E-state index in [9.17, 15) is 19.0 Å². The highest BCUT2D eigenvalue weighted by molar-refractivity contribution is 7.47. The van der Waals surface area contributed by atoms with E-state index in [4.69, 9.17) is 24.3 Å². The third kappa shape index (κ3) is 46.3. The van der Waals surface area contributed by atoms with Gasteiger partial charge in [-0.15, -0.1) is 0 Å². The molecule has 0 spiro atoms. The Bertz CT molecular complexity index is 938. The first-order chi connectivity index (χ1) is 28.8. The molecule has 0 aromatic heterocycles. The zero-order valence-electron chi connectivity index (χ0n) is 39.0. The normalized spacial score (nSPS) is 13.1. The van der Waals surface area contributed by atoms with Crippen molar-refractivity contribution in [1.29, 1.82) is 0 Å². The maximum absolute atomic E-state index is 12.6. The third-order valence-electron chi connectivity index (χ3n) is 11.5. The molecule has 0 rings (SSSR count). The van der Waals surface area contributed by atoms with Gasteiger partial charge in [0.25, 0.3) is 0 Å². The summed E-state index contributed by atoms with van der Waals surface area (Å²) in [6.45, 7) is 3.80. The first-order valence-electron chi connectivity index (χ1n) is 25.5. The van der Waals surface area contributed by atoms with Crippen molar-refractivity contribution >= 4 is 19.8 Å². The molecule has 9 nitrogen and oxygen atoms in total. The number of hydrogen-bond acceptors (Lipinski definition) is 8. The van der Waals surface area contributed by atoms with E-state index < -0.39 is 26.5 Å². The van der Waals surface area contributed by atoms with Crippen molar-refractivity contribution in [2.45, 2.75) is 277 Å². The number of phosphoric acid groups is 1. The van der Waals surface area contributed by atoms with Gasteiger partial charge in [0.05, 0.1) is 13.2 Å². The topological polar surface area (TPSA) is 134 Å². The fourth-order valence-corrected chi connectivity index (χ4v) is 8.46. The SMILES string of the molecule is CCCCCCCCCCCCCCCCCCCCCCCCC(=O)O[C@H](COC(=O)CCCCCCCCCCCCCCCCCC)COP(=O)(O)OCCN. The average molecular weight is 860 g/mol. The Morgan fingerprint density at radius 1 is 0.441 bits per heavy atom. The molecule has 0 aliphatic rings. The van der Waals surface area contributed by atoms with Crippen molar-refractivity contribution in [2.24, 2.45) is 5.73 Å². The molecule has 3 N–H and O–H groups in total. The fraction of sp³-hybridized carbons (Fsp3) is 0.959. The summed E-state index contributed by atoms with van der Waals surface area (Å²) in [6.07, 6.45) is 48.5. The van der Waals surface area contributed by atoms with Crippen LogP contribution in [0.5, 0.6) is 0 Å². The lowest BCUT2D eigenvalue weighted by molar-refractivity contribution is -0.161. The molecule has 0 fully saturated rings. The van der Waals surface area contributed by atoms with E-state index in [0.717, 1.165) is 32.1 Å². The zero-order chi connectivity index (χ0) is 43.2. The fourth-order valence-electron chi connectivity index (χ4n) is 7.70. The van der Waals surface area contributed by atoms with Crippen LogP contribution in [-0.4, -0.2) is 49.3 Å². The summed E-state index contributed by atoms with van der Waals surface area (Å²) in [4.78, 5) is 35.0. The number of unbranched alkanes of at least 4 members (excludes halogenated alkanes) is 36. The van der Waals surface area contributed by atoms with Gasteiger partial charge in [0.15, 0.2) is 6.10 Å². The summed E-state index contributed by atoms with van der Waals surface area (Å²) in [7, 11) is -4.37. The van der Waals surface area contributed by atoms with Crippen molar-refractivity contribution < 1.29 is 37.6 Å². The zero-order valence-corrected chi connectivity index (χ0v) is 39.9. The Labute approximate surface area is 365 Å². The Morgan fingerprint density at radius 2 is 0.729 bits per heavy atom. The van der Waals surface area contributed by atoms with Crippen LogP contribution in [-0.2, 0) is 32.7 Å². The second-order valence-corrected chi connectivity index (χ2v) is 18.9. The highest BCUT2D eigenvalue weighted by atomic mass is 31.2. The van der Waals surface area contributed by atoms with Gasteiger partial charge in [-0.25, -0.2) is 4.57 Å². The molecular weight excluding hydrogens is 762 g/mol. The van der Waals surface area contributed by atoms with Crippen LogP contribution < -0.4 is 5.73 Å². The van der Waals surface area contributed by atoms with Crippen molar-refractivity contribution in [3.8, 4) is 0 Å². The number of phosphoric ester groups is 1. The molecule has 0 aromatic carbocycles. The van der Waals surface area contributed by atoms with Gasteiger partial charge in [0.2, 0.25) is 0 Å². The quantitative estimate of drug-likeness (QED) is 0.0348. The first kappa shape index (κ1) is 58.0. The lowest BCUT2D eigenvalue weighted by atomic mass is 10.0. The molecule has 0 aliphatic heterocycles. The van der Waals surface area contributed by atoms with E-state index in [1.807, 2.05) is 0 Å². The van der Waals surface area contributed by atoms with Crippen LogP contribution in [0.4, 0.5) is 0 Å². The van der Waals surface area contributed by atoms with E-state index in [2.05, 4.69) is 13.8 Å². The first-order valence-corrected chi connectivity index (χ1v) is 27.0. The van der Waals surface area contributed by atoms with Gasteiger partial charge in [-0.2, -0.15) is 0 Å². The molecule has 0 heterocycles. The summed E-state index contributed by atoms with van der Waals surface area (Å²) in [6, 6.07) is 0. The number of rotatable bonds is 49. The van der Waals surface area contributed by atoms with E-state index in [1.165, 1.54) is 205 Å². The Hall–Kier alpha value is -0.990. The van der Waals surface area contributed by atoms with Crippen LogP contribution in [0.2, 0.25) is 0 Å². The van der Waals surface area contributed by atoms with Crippen LogP contribution in [0.25, 0.3) is 0 Å².